The second-order valence-electron chi connectivity index (χ2n) is 3.68. The summed E-state index contributed by atoms with van der Waals surface area (Å²) in [6.45, 7) is 5.53. The molecule has 1 aromatic carbocycles. The van der Waals surface area contributed by atoms with Gasteiger partial charge in [0.05, 0.1) is 6.61 Å². The van der Waals surface area contributed by atoms with Crippen molar-refractivity contribution in [3.63, 3.8) is 0 Å². The first-order valence-electron chi connectivity index (χ1n) is 5.06. The molecule has 84 valence electrons. The van der Waals surface area contributed by atoms with Crippen LogP contribution < -0.4 is 4.74 Å². The van der Waals surface area contributed by atoms with E-state index in [1.807, 2.05) is 12.1 Å². The molecule has 0 aliphatic heterocycles. The van der Waals surface area contributed by atoms with Gasteiger partial charge >= 0.3 is 0 Å². The largest absolute Gasteiger partial charge is 0.491 e. The lowest BCUT2D eigenvalue weighted by Gasteiger charge is -2.14. The standard InChI is InChI=1S/C12H17BrO2/c1-9(2)11-8-10(13)4-5-12(11)15-7-6-14-3/h4-5,8-9H,6-7H2,1-3H3. The van der Waals surface area contributed by atoms with Gasteiger partial charge in [0.15, 0.2) is 0 Å². The third-order valence-corrected chi connectivity index (χ3v) is 2.63. The maximum Gasteiger partial charge on any atom is 0.122 e. The van der Waals surface area contributed by atoms with Crippen molar-refractivity contribution >= 4 is 15.9 Å². The lowest BCUT2D eigenvalue weighted by atomic mass is 10.0. The Morgan fingerprint density at radius 2 is 2.00 bits per heavy atom. The van der Waals surface area contributed by atoms with Crippen molar-refractivity contribution < 1.29 is 9.47 Å². The van der Waals surface area contributed by atoms with E-state index in [4.69, 9.17) is 9.47 Å². The quantitative estimate of drug-likeness (QED) is 0.763. The molecule has 0 unspecified atom stereocenters. The summed E-state index contributed by atoms with van der Waals surface area (Å²) in [5.74, 6) is 1.41. The van der Waals surface area contributed by atoms with Gasteiger partial charge in [-0.05, 0) is 29.7 Å². The highest BCUT2D eigenvalue weighted by atomic mass is 79.9. The molecule has 15 heavy (non-hydrogen) atoms. The Hall–Kier alpha value is -0.540. The first-order chi connectivity index (χ1) is 7.15. The van der Waals surface area contributed by atoms with Crippen LogP contribution in [-0.4, -0.2) is 20.3 Å². The van der Waals surface area contributed by atoms with Gasteiger partial charge in [-0.3, -0.25) is 0 Å². The molecule has 1 aromatic rings. The van der Waals surface area contributed by atoms with E-state index in [1.54, 1.807) is 7.11 Å². The van der Waals surface area contributed by atoms with Crippen molar-refractivity contribution in [2.24, 2.45) is 0 Å². The molecule has 0 radical (unpaired) electrons. The molecule has 2 nitrogen and oxygen atoms in total. The van der Waals surface area contributed by atoms with Gasteiger partial charge in [-0.1, -0.05) is 29.8 Å². The first kappa shape index (κ1) is 12.5. The SMILES string of the molecule is COCCOc1ccc(Br)cc1C(C)C. The minimum Gasteiger partial charge on any atom is -0.491 e. The number of methoxy groups -OCH3 is 1. The first-order valence-corrected chi connectivity index (χ1v) is 5.85. The summed E-state index contributed by atoms with van der Waals surface area (Å²) >= 11 is 3.47. The smallest absolute Gasteiger partial charge is 0.122 e. The number of halogens is 1. The van der Waals surface area contributed by atoms with E-state index in [0.29, 0.717) is 19.1 Å². The molecule has 0 fully saturated rings. The molecular weight excluding hydrogens is 256 g/mol. The highest BCUT2D eigenvalue weighted by molar-refractivity contribution is 9.10. The molecule has 0 heterocycles. The molecule has 0 bridgehead atoms. The fourth-order valence-electron chi connectivity index (χ4n) is 1.34. The summed E-state index contributed by atoms with van der Waals surface area (Å²) in [7, 11) is 1.67. The summed E-state index contributed by atoms with van der Waals surface area (Å²) in [5.41, 5.74) is 1.22. The van der Waals surface area contributed by atoms with Crippen LogP contribution >= 0.6 is 15.9 Å². The second-order valence-corrected chi connectivity index (χ2v) is 4.59. The maximum atomic E-state index is 5.65. The van der Waals surface area contributed by atoms with E-state index < -0.39 is 0 Å². The van der Waals surface area contributed by atoms with Crippen molar-refractivity contribution in [1.29, 1.82) is 0 Å². The van der Waals surface area contributed by atoms with E-state index >= 15 is 0 Å². The van der Waals surface area contributed by atoms with Crippen LogP contribution in [0.15, 0.2) is 22.7 Å². The maximum absolute atomic E-state index is 5.65. The van der Waals surface area contributed by atoms with Crippen LogP contribution in [0.4, 0.5) is 0 Å². The monoisotopic (exact) mass is 272 g/mol. The topological polar surface area (TPSA) is 18.5 Å². The van der Waals surface area contributed by atoms with Crippen LogP contribution in [0, 0.1) is 0 Å². The highest BCUT2D eigenvalue weighted by Gasteiger charge is 2.08. The fraction of sp³-hybridized carbons (Fsp3) is 0.500. The number of benzene rings is 1. The third kappa shape index (κ3) is 3.84. The Morgan fingerprint density at radius 3 is 2.60 bits per heavy atom. The minimum absolute atomic E-state index is 0.458. The van der Waals surface area contributed by atoms with E-state index in [-0.39, 0.29) is 0 Å². The summed E-state index contributed by atoms with van der Waals surface area (Å²) in [4.78, 5) is 0. The number of hydrogen-bond donors (Lipinski definition) is 0. The zero-order valence-corrected chi connectivity index (χ0v) is 11.0. The molecular formula is C12H17BrO2. The van der Waals surface area contributed by atoms with Crippen LogP contribution in [0.1, 0.15) is 25.3 Å². The van der Waals surface area contributed by atoms with Gasteiger partial charge < -0.3 is 9.47 Å². The average molecular weight is 273 g/mol. The van der Waals surface area contributed by atoms with E-state index in [2.05, 4.69) is 35.8 Å². The summed E-state index contributed by atoms with van der Waals surface area (Å²) in [5, 5.41) is 0. The lowest BCUT2D eigenvalue weighted by Crippen LogP contribution is -2.06. The molecule has 0 saturated carbocycles. The zero-order chi connectivity index (χ0) is 11.3. The molecule has 0 aromatic heterocycles. The molecule has 0 saturated heterocycles. The van der Waals surface area contributed by atoms with Gasteiger partial charge in [-0.2, -0.15) is 0 Å². The molecule has 0 N–H and O–H groups in total. The summed E-state index contributed by atoms with van der Waals surface area (Å²) < 4.78 is 11.7. The predicted molar refractivity (Wildman–Crippen MR) is 65.6 cm³/mol. The molecule has 0 spiro atoms. The molecule has 0 aliphatic carbocycles. The molecule has 0 atom stereocenters. The Balaban J connectivity index is 2.77. The van der Waals surface area contributed by atoms with Crippen molar-refractivity contribution in [3.05, 3.63) is 28.2 Å². The minimum atomic E-state index is 0.458. The van der Waals surface area contributed by atoms with Gasteiger partial charge in [0.25, 0.3) is 0 Å². The van der Waals surface area contributed by atoms with E-state index in [0.717, 1.165) is 10.2 Å². The Bertz CT molecular complexity index is 310. The lowest BCUT2D eigenvalue weighted by molar-refractivity contribution is 0.145. The van der Waals surface area contributed by atoms with Crippen LogP contribution in [-0.2, 0) is 4.74 Å². The number of hydrogen-bond acceptors (Lipinski definition) is 2. The van der Waals surface area contributed by atoms with Crippen LogP contribution in [0.25, 0.3) is 0 Å². The van der Waals surface area contributed by atoms with Crippen LogP contribution in [0.3, 0.4) is 0 Å². The zero-order valence-electron chi connectivity index (χ0n) is 9.42. The van der Waals surface area contributed by atoms with E-state index in [9.17, 15) is 0 Å². The van der Waals surface area contributed by atoms with Crippen LogP contribution in [0.2, 0.25) is 0 Å². The van der Waals surface area contributed by atoms with Crippen molar-refractivity contribution in [1.82, 2.24) is 0 Å². The Labute approximate surface area is 99.7 Å². The van der Waals surface area contributed by atoms with Gasteiger partial charge in [0, 0.05) is 11.6 Å². The van der Waals surface area contributed by atoms with E-state index in [1.165, 1.54) is 5.56 Å². The van der Waals surface area contributed by atoms with Gasteiger partial charge in [-0.15, -0.1) is 0 Å². The van der Waals surface area contributed by atoms with Gasteiger partial charge in [0.1, 0.15) is 12.4 Å². The normalized spacial score (nSPS) is 10.7. The third-order valence-electron chi connectivity index (χ3n) is 2.14. The second kappa shape index (κ2) is 6.13. The van der Waals surface area contributed by atoms with Gasteiger partial charge in [0.2, 0.25) is 0 Å². The molecule has 3 heteroatoms. The molecule has 0 amide bonds. The number of rotatable bonds is 5. The predicted octanol–water partition coefficient (Wildman–Crippen LogP) is 3.60. The Kier molecular flexibility index (Phi) is 5.12. The average Bonchev–Trinajstić information content (AvgIpc) is 2.20. The highest BCUT2D eigenvalue weighted by Crippen LogP contribution is 2.29. The van der Waals surface area contributed by atoms with Gasteiger partial charge in [-0.25, -0.2) is 0 Å². The molecule has 0 aliphatic rings. The summed E-state index contributed by atoms with van der Waals surface area (Å²) in [6.07, 6.45) is 0. The van der Waals surface area contributed by atoms with Crippen molar-refractivity contribution in [2.45, 2.75) is 19.8 Å². The van der Waals surface area contributed by atoms with Crippen molar-refractivity contribution in [2.75, 3.05) is 20.3 Å². The summed E-state index contributed by atoms with van der Waals surface area (Å²) in [6, 6.07) is 6.09. The van der Waals surface area contributed by atoms with Crippen molar-refractivity contribution in [3.8, 4) is 5.75 Å². The number of ether oxygens (including phenoxy) is 2. The fourth-order valence-corrected chi connectivity index (χ4v) is 1.72. The molecule has 1 rings (SSSR count). The van der Waals surface area contributed by atoms with Crippen LogP contribution in [0.5, 0.6) is 5.75 Å². The Morgan fingerprint density at radius 1 is 1.27 bits per heavy atom.